The molecule has 2 N–H and O–H groups in total. The zero-order valence-electron chi connectivity index (χ0n) is 12.5. The molecule has 1 amide bonds. The van der Waals surface area contributed by atoms with Gasteiger partial charge in [-0.2, -0.15) is 0 Å². The van der Waals surface area contributed by atoms with E-state index in [0.717, 1.165) is 24.9 Å². The summed E-state index contributed by atoms with van der Waals surface area (Å²) in [4.78, 5) is 20.2. The largest absolute Gasteiger partial charge is 0.352 e. The number of anilines is 2. The molecule has 22 heavy (non-hydrogen) atoms. The molecule has 116 valence electrons. The average molecular weight is 319 g/mol. The van der Waals surface area contributed by atoms with Gasteiger partial charge in [-0.05, 0) is 18.6 Å². The summed E-state index contributed by atoms with van der Waals surface area (Å²) in [5.41, 5.74) is 1.17. The van der Waals surface area contributed by atoms with Crippen LogP contribution in [-0.2, 0) is 0 Å². The lowest BCUT2D eigenvalue weighted by Gasteiger charge is -2.07. The Kier molecular flexibility index (Phi) is 6.15. The molecule has 2 rings (SSSR count). The maximum absolute atomic E-state index is 11.9. The summed E-state index contributed by atoms with van der Waals surface area (Å²) in [5, 5.41) is 6.45. The minimum atomic E-state index is -0.152. The summed E-state index contributed by atoms with van der Waals surface area (Å²) in [7, 11) is 0. The normalized spacial score (nSPS) is 10.3. The van der Waals surface area contributed by atoms with Crippen LogP contribution in [0.2, 0.25) is 5.02 Å². The maximum atomic E-state index is 11.9. The maximum Gasteiger partial charge on any atom is 0.254 e. The molecule has 0 saturated heterocycles. The van der Waals surface area contributed by atoms with E-state index in [-0.39, 0.29) is 5.91 Å². The molecular weight excluding hydrogens is 300 g/mol. The minimum Gasteiger partial charge on any atom is -0.352 e. The van der Waals surface area contributed by atoms with Gasteiger partial charge in [0, 0.05) is 18.9 Å². The first kappa shape index (κ1) is 16.2. The van der Waals surface area contributed by atoms with Crippen molar-refractivity contribution in [2.45, 2.75) is 26.2 Å². The minimum absolute atomic E-state index is 0.152. The van der Waals surface area contributed by atoms with Gasteiger partial charge in [-0.1, -0.05) is 43.5 Å². The van der Waals surface area contributed by atoms with E-state index in [1.165, 1.54) is 12.4 Å². The molecule has 0 aliphatic carbocycles. The molecule has 0 saturated carbocycles. The van der Waals surface area contributed by atoms with Gasteiger partial charge in [0.05, 0.1) is 16.3 Å². The van der Waals surface area contributed by atoms with Crippen molar-refractivity contribution >= 4 is 29.1 Å². The highest BCUT2D eigenvalue weighted by molar-refractivity contribution is 6.33. The monoisotopic (exact) mass is 318 g/mol. The van der Waals surface area contributed by atoms with Crippen LogP contribution in [0, 0.1) is 0 Å². The second-order valence-corrected chi connectivity index (χ2v) is 5.27. The lowest BCUT2D eigenvalue weighted by molar-refractivity contribution is 0.0952. The van der Waals surface area contributed by atoms with E-state index in [2.05, 4.69) is 27.5 Å². The third-order valence-electron chi connectivity index (χ3n) is 3.10. The van der Waals surface area contributed by atoms with Crippen molar-refractivity contribution < 1.29 is 4.79 Å². The van der Waals surface area contributed by atoms with E-state index in [0.29, 0.717) is 23.1 Å². The Hall–Kier alpha value is -2.14. The number of nitrogens with one attached hydrogen (secondary N) is 2. The second-order valence-electron chi connectivity index (χ2n) is 4.86. The van der Waals surface area contributed by atoms with Gasteiger partial charge in [-0.15, -0.1) is 0 Å². The van der Waals surface area contributed by atoms with Crippen molar-refractivity contribution in [1.29, 1.82) is 0 Å². The molecule has 0 unspecified atom stereocenters. The Balaban J connectivity index is 1.92. The van der Waals surface area contributed by atoms with Gasteiger partial charge in [0.25, 0.3) is 5.91 Å². The van der Waals surface area contributed by atoms with E-state index in [1.54, 1.807) is 6.07 Å². The quantitative estimate of drug-likeness (QED) is 0.762. The van der Waals surface area contributed by atoms with Crippen LogP contribution >= 0.6 is 11.6 Å². The van der Waals surface area contributed by atoms with Crippen LogP contribution in [0.25, 0.3) is 0 Å². The van der Waals surface area contributed by atoms with Crippen molar-refractivity contribution in [3.8, 4) is 0 Å². The number of unbranched alkanes of at least 4 members (excludes halogenated alkanes) is 2. The number of benzene rings is 1. The molecule has 0 bridgehead atoms. The highest BCUT2D eigenvalue weighted by atomic mass is 35.5. The number of halogens is 1. The number of para-hydroxylation sites is 1. The van der Waals surface area contributed by atoms with Crippen molar-refractivity contribution in [1.82, 2.24) is 15.3 Å². The second kappa shape index (κ2) is 8.34. The fourth-order valence-corrected chi connectivity index (χ4v) is 2.05. The number of hydrogen-bond acceptors (Lipinski definition) is 4. The number of aromatic nitrogens is 2. The van der Waals surface area contributed by atoms with Crippen molar-refractivity contribution in [3.05, 3.63) is 47.2 Å². The SMILES string of the molecule is CCCCCNC(=O)c1cnc(Nc2ccccc2Cl)nc1. The summed E-state index contributed by atoms with van der Waals surface area (Å²) in [5.74, 6) is 0.246. The summed E-state index contributed by atoms with van der Waals surface area (Å²) < 4.78 is 0. The number of carbonyl (C=O) groups excluding carboxylic acids is 1. The lowest BCUT2D eigenvalue weighted by Crippen LogP contribution is -2.24. The third kappa shape index (κ3) is 4.70. The average Bonchev–Trinajstić information content (AvgIpc) is 2.54. The van der Waals surface area contributed by atoms with E-state index < -0.39 is 0 Å². The van der Waals surface area contributed by atoms with Crippen LogP contribution in [0.5, 0.6) is 0 Å². The van der Waals surface area contributed by atoms with Gasteiger partial charge in [0.2, 0.25) is 5.95 Å². The highest BCUT2D eigenvalue weighted by Crippen LogP contribution is 2.22. The molecule has 2 aromatic rings. The van der Waals surface area contributed by atoms with Crippen LogP contribution in [-0.4, -0.2) is 22.4 Å². The van der Waals surface area contributed by atoms with Crippen LogP contribution in [0.3, 0.4) is 0 Å². The standard InChI is InChI=1S/C16H19ClN4O/c1-2-3-6-9-18-15(22)12-10-19-16(20-11-12)21-14-8-5-4-7-13(14)17/h4-5,7-8,10-11H,2-3,6,9H2,1H3,(H,18,22)(H,19,20,21). The van der Waals surface area contributed by atoms with Crippen LogP contribution < -0.4 is 10.6 Å². The van der Waals surface area contributed by atoms with E-state index in [4.69, 9.17) is 11.6 Å². The smallest absolute Gasteiger partial charge is 0.254 e. The van der Waals surface area contributed by atoms with E-state index in [9.17, 15) is 4.79 Å². The molecule has 0 radical (unpaired) electrons. The van der Waals surface area contributed by atoms with E-state index >= 15 is 0 Å². The molecule has 0 atom stereocenters. The number of nitrogens with zero attached hydrogens (tertiary/aromatic N) is 2. The fraction of sp³-hybridized carbons (Fsp3) is 0.312. The first-order valence-corrected chi connectivity index (χ1v) is 7.70. The zero-order valence-corrected chi connectivity index (χ0v) is 13.2. The molecule has 5 nitrogen and oxygen atoms in total. The molecule has 1 heterocycles. The number of hydrogen-bond donors (Lipinski definition) is 2. The summed E-state index contributed by atoms with van der Waals surface area (Å²) in [6.07, 6.45) is 6.22. The Bertz CT molecular complexity index is 616. The van der Waals surface area contributed by atoms with Crippen molar-refractivity contribution in [3.63, 3.8) is 0 Å². The van der Waals surface area contributed by atoms with Gasteiger partial charge in [-0.25, -0.2) is 9.97 Å². The fourth-order valence-electron chi connectivity index (χ4n) is 1.87. The van der Waals surface area contributed by atoms with Gasteiger partial charge in [-0.3, -0.25) is 4.79 Å². The van der Waals surface area contributed by atoms with Gasteiger partial charge < -0.3 is 10.6 Å². The highest BCUT2D eigenvalue weighted by Gasteiger charge is 2.07. The van der Waals surface area contributed by atoms with E-state index in [1.807, 2.05) is 18.2 Å². The predicted molar refractivity (Wildman–Crippen MR) is 88.6 cm³/mol. The third-order valence-corrected chi connectivity index (χ3v) is 3.43. The summed E-state index contributed by atoms with van der Waals surface area (Å²) in [6, 6.07) is 7.33. The molecule has 0 fully saturated rings. The van der Waals surface area contributed by atoms with Gasteiger partial charge in [0.15, 0.2) is 0 Å². The Labute approximate surface area is 135 Å². The van der Waals surface area contributed by atoms with Crippen LogP contribution in [0.4, 0.5) is 11.6 Å². The summed E-state index contributed by atoms with van der Waals surface area (Å²) in [6.45, 7) is 2.80. The molecule has 1 aromatic heterocycles. The number of carbonyl (C=O) groups is 1. The van der Waals surface area contributed by atoms with Crippen LogP contribution in [0.15, 0.2) is 36.7 Å². The number of rotatable bonds is 7. The molecule has 0 spiro atoms. The zero-order chi connectivity index (χ0) is 15.8. The molecule has 6 heteroatoms. The number of amides is 1. The van der Waals surface area contributed by atoms with Crippen molar-refractivity contribution in [2.75, 3.05) is 11.9 Å². The van der Waals surface area contributed by atoms with Gasteiger partial charge in [0.1, 0.15) is 0 Å². The molecular formula is C16H19ClN4O. The van der Waals surface area contributed by atoms with Gasteiger partial charge >= 0.3 is 0 Å². The molecule has 1 aromatic carbocycles. The molecule has 0 aliphatic rings. The summed E-state index contributed by atoms with van der Waals surface area (Å²) >= 11 is 6.06. The topological polar surface area (TPSA) is 66.9 Å². The molecule has 0 aliphatic heterocycles. The predicted octanol–water partition coefficient (Wildman–Crippen LogP) is 3.79. The van der Waals surface area contributed by atoms with Crippen molar-refractivity contribution in [2.24, 2.45) is 0 Å². The Morgan fingerprint density at radius 3 is 2.59 bits per heavy atom. The van der Waals surface area contributed by atoms with Crippen LogP contribution in [0.1, 0.15) is 36.5 Å². The Morgan fingerprint density at radius 1 is 1.18 bits per heavy atom. The Morgan fingerprint density at radius 2 is 1.91 bits per heavy atom. The lowest BCUT2D eigenvalue weighted by atomic mass is 10.2. The first-order valence-electron chi connectivity index (χ1n) is 7.32. The first-order chi connectivity index (χ1) is 10.7.